The van der Waals surface area contributed by atoms with Gasteiger partial charge in [-0.3, -0.25) is 4.98 Å². The molecule has 0 saturated carbocycles. The molecule has 0 aliphatic heterocycles. The number of aromatic nitrogens is 3. The summed E-state index contributed by atoms with van der Waals surface area (Å²) in [7, 11) is 0. The highest BCUT2D eigenvalue weighted by atomic mass is 14.9. The van der Waals surface area contributed by atoms with Gasteiger partial charge in [0.2, 0.25) is 0 Å². The van der Waals surface area contributed by atoms with E-state index in [1.54, 1.807) is 0 Å². The van der Waals surface area contributed by atoms with E-state index in [0.29, 0.717) is 6.54 Å². The number of aryl methyl sites for hydroxylation is 2. The molecule has 3 rings (SSSR count). The highest BCUT2D eigenvalue weighted by molar-refractivity contribution is 5.75. The highest BCUT2D eigenvalue weighted by Crippen LogP contribution is 2.14. The van der Waals surface area contributed by atoms with E-state index in [-0.39, 0.29) is 0 Å². The van der Waals surface area contributed by atoms with Gasteiger partial charge in [0.1, 0.15) is 5.82 Å². The number of rotatable bonds is 4. The summed E-state index contributed by atoms with van der Waals surface area (Å²) >= 11 is 0. The second-order valence-electron chi connectivity index (χ2n) is 4.56. The Hall–Kier alpha value is -2.20. The Morgan fingerprint density at radius 1 is 1.11 bits per heavy atom. The molecule has 4 heteroatoms. The Bertz CT molecular complexity index is 673. The molecule has 96 valence electrons. The number of imidazole rings is 1. The molecule has 0 bridgehead atoms. The van der Waals surface area contributed by atoms with E-state index in [2.05, 4.69) is 21.0 Å². The molecule has 0 aliphatic carbocycles. The summed E-state index contributed by atoms with van der Waals surface area (Å²) in [5, 5.41) is 0. The van der Waals surface area contributed by atoms with Crippen LogP contribution in [0.25, 0.3) is 11.0 Å². The van der Waals surface area contributed by atoms with Gasteiger partial charge in [0.25, 0.3) is 0 Å². The summed E-state index contributed by atoms with van der Waals surface area (Å²) < 4.78 is 0. The van der Waals surface area contributed by atoms with Gasteiger partial charge in [0.05, 0.1) is 11.0 Å². The van der Waals surface area contributed by atoms with Crippen molar-refractivity contribution in [1.29, 1.82) is 0 Å². The molecule has 3 N–H and O–H groups in total. The lowest BCUT2D eigenvalue weighted by Gasteiger charge is -1.97. The van der Waals surface area contributed by atoms with Crippen molar-refractivity contribution in [3.63, 3.8) is 0 Å². The van der Waals surface area contributed by atoms with E-state index in [9.17, 15) is 0 Å². The zero-order valence-electron chi connectivity index (χ0n) is 10.6. The van der Waals surface area contributed by atoms with E-state index < -0.39 is 0 Å². The summed E-state index contributed by atoms with van der Waals surface area (Å²) in [6.45, 7) is 0.554. The number of nitrogens with zero attached hydrogens (tertiary/aromatic N) is 2. The molecule has 0 spiro atoms. The van der Waals surface area contributed by atoms with Crippen LogP contribution in [0, 0.1) is 0 Å². The molecule has 4 nitrogen and oxygen atoms in total. The van der Waals surface area contributed by atoms with E-state index in [0.717, 1.165) is 41.0 Å². The SMILES string of the molecule is NCc1ccc2nc(CCc3ccccn3)[nH]c2c1. The molecule has 0 saturated heterocycles. The van der Waals surface area contributed by atoms with Crippen molar-refractivity contribution >= 4 is 11.0 Å². The summed E-state index contributed by atoms with van der Waals surface area (Å²) in [5.74, 6) is 0.995. The van der Waals surface area contributed by atoms with E-state index in [1.165, 1.54) is 0 Å². The lowest BCUT2D eigenvalue weighted by atomic mass is 10.2. The molecule has 2 heterocycles. The first kappa shape index (κ1) is 11.9. The topological polar surface area (TPSA) is 67.6 Å². The smallest absolute Gasteiger partial charge is 0.107 e. The van der Waals surface area contributed by atoms with Crippen molar-refractivity contribution < 1.29 is 0 Å². The molecular formula is C15H16N4. The fraction of sp³-hybridized carbons (Fsp3) is 0.200. The van der Waals surface area contributed by atoms with Gasteiger partial charge in [-0.15, -0.1) is 0 Å². The van der Waals surface area contributed by atoms with E-state index >= 15 is 0 Å². The first-order chi connectivity index (χ1) is 9.35. The van der Waals surface area contributed by atoms with Gasteiger partial charge in [-0.05, 0) is 36.2 Å². The number of hydrogen-bond acceptors (Lipinski definition) is 3. The Morgan fingerprint density at radius 3 is 2.84 bits per heavy atom. The third kappa shape index (κ3) is 2.63. The normalized spacial score (nSPS) is 11.0. The molecular weight excluding hydrogens is 236 g/mol. The summed E-state index contributed by atoms with van der Waals surface area (Å²) in [4.78, 5) is 12.2. The lowest BCUT2D eigenvalue weighted by molar-refractivity contribution is 0.861. The zero-order valence-corrected chi connectivity index (χ0v) is 10.6. The first-order valence-corrected chi connectivity index (χ1v) is 6.42. The number of aromatic amines is 1. The number of benzene rings is 1. The minimum Gasteiger partial charge on any atom is -0.342 e. The standard InChI is InChI=1S/C15H16N4/c16-10-11-4-6-13-14(9-11)19-15(18-13)7-5-12-3-1-2-8-17-12/h1-4,6,8-9H,5,7,10,16H2,(H,18,19). The van der Waals surface area contributed by atoms with Crippen molar-refractivity contribution in [3.8, 4) is 0 Å². The minimum absolute atomic E-state index is 0.554. The fourth-order valence-corrected chi connectivity index (χ4v) is 2.15. The van der Waals surface area contributed by atoms with Crippen LogP contribution >= 0.6 is 0 Å². The second kappa shape index (κ2) is 5.20. The summed E-state index contributed by atoms with van der Waals surface area (Å²) in [6.07, 6.45) is 3.58. The van der Waals surface area contributed by atoms with Crippen molar-refractivity contribution in [1.82, 2.24) is 15.0 Å². The van der Waals surface area contributed by atoms with Crippen molar-refractivity contribution in [2.75, 3.05) is 0 Å². The van der Waals surface area contributed by atoms with Crippen LogP contribution in [0.4, 0.5) is 0 Å². The summed E-state index contributed by atoms with van der Waals surface area (Å²) in [5.41, 5.74) is 9.89. The third-order valence-corrected chi connectivity index (χ3v) is 3.18. The van der Waals surface area contributed by atoms with Gasteiger partial charge in [0, 0.05) is 24.9 Å². The molecule has 0 aliphatic rings. The second-order valence-corrected chi connectivity index (χ2v) is 4.56. The van der Waals surface area contributed by atoms with Gasteiger partial charge >= 0.3 is 0 Å². The number of H-pyrrole nitrogens is 1. The number of fused-ring (bicyclic) bond motifs is 1. The molecule has 3 aromatic rings. The molecule has 2 aromatic heterocycles. The molecule has 0 radical (unpaired) electrons. The molecule has 0 amide bonds. The average Bonchev–Trinajstić information content (AvgIpc) is 2.88. The molecule has 19 heavy (non-hydrogen) atoms. The van der Waals surface area contributed by atoms with Crippen LogP contribution in [-0.4, -0.2) is 15.0 Å². The lowest BCUT2D eigenvalue weighted by Crippen LogP contribution is -1.95. The highest BCUT2D eigenvalue weighted by Gasteiger charge is 2.04. The van der Waals surface area contributed by atoms with Crippen molar-refractivity contribution in [2.24, 2.45) is 5.73 Å². The van der Waals surface area contributed by atoms with Crippen LogP contribution in [0.5, 0.6) is 0 Å². The van der Waals surface area contributed by atoms with Crippen molar-refractivity contribution in [3.05, 3.63) is 59.7 Å². The average molecular weight is 252 g/mol. The van der Waals surface area contributed by atoms with E-state index in [1.807, 2.05) is 36.5 Å². The minimum atomic E-state index is 0.554. The van der Waals surface area contributed by atoms with Crippen LogP contribution in [0.15, 0.2) is 42.6 Å². The fourth-order valence-electron chi connectivity index (χ4n) is 2.15. The quantitative estimate of drug-likeness (QED) is 0.748. The van der Waals surface area contributed by atoms with Crippen LogP contribution in [0.1, 0.15) is 17.1 Å². The van der Waals surface area contributed by atoms with Crippen molar-refractivity contribution in [2.45, 2.75) is 19.4 Å². The maximum atomic E-state index is 5.64. The Labute approximate surface area is 111 Å². The first-order valence-electron chi connectivity index (χ1n) is 6.42. The predicted molar refractivity (Wildman–Crippen MR) is 75.6 cm³/mol. The molecule has 0 atom stereocenters. The molecule has 0 fully saturated rings. The Balaban J connectivity index is 1.78. The van der Waals surface area contributed by atoms with Crippen LogP contribution in [0.2, 0.25) is 0 Å². The largest absolute Gasteiger partial charge is 0.342 e. The van der Waals surface area contributed by atoms with Gasteiger partial charge in [0.15, 0.2) is 0 Å². The van der Waals surface area contributed by atoms with E-state index in [4.69, 9.17) is 5.73 Å². The molecule has 1 aromatic carbocycles. The summed E-state index contributed by atoms with van der Waals surface area (Å²) in [6, 6.07) is 12.1. The number of nitrogens with two attached hydrogens (primary N) is 1. The van der Waals surface area contributed by atoms with Gasteiger partial charge in [-0.25, -0.2) is 4.98 Å². The maximum Gasteiger partial charge on any atom is 0.107 e. The van der Waals surface area contributed by atoms with Gasteiger partial charge in [-0.2, -0.15) is 0 Å². The van der Waals surface area contributed by atoms with Crippen LogP contribution < -0.4 is 5.73 Å². The predicted octanol–water partition coefficient (Wildman–Crippen LogP) is 2.20. The Morgan fingerprint density at radius 2 is 2.05 bits per heavy atom. The number of hydrogen-bond donors (Lipinski definition) is 2. The van der Waals surface area contributed by atoms with Gasteiger partial charge in [-0.1, -0.05) is 12.1 Å². The number of nitrogens with one attached hydrogen (secondary N) is 1. The maximum absolute atomic E-state index is 5.64. The number of pyridine rings is 1. The van der Waals surface area contributed by atoms with Gasteiger partial charge < -0.3 is 10.7 Å². The molecule has 0 unspecified atom stereocenters. The zero-order chi connectivity index (χ0) is 13.1. The monoisotopic (exact) mass is 252 g/mol. The Kier molecular flexibility index (Phi) is 3.25. The third-order valence-electron chi connectivity index (χ3n) is 3.18. The van der Waals surface area contributed by atoms with Crippen LogP contribution in [-0.2, 0) is 19.4 Å². The van der Waals surface area contributed by atoms with Crippen LogP contribution in [0.3, 0.4) is 0 Å².